The minimum Gasteiger partial charge on any atom is -0.467 e. The van der Waals surface area contributed by atoms with Crippen molar-refractivity contribution in [2.24, 2.45) is 5.73 Å². The average Bonchev–Trinajstić information content (AvgIpc) is 2.96. The third kappa shape index (κ3) is 3.36. The Balaban J connectivity index is 2.41. The van der Waals surface area contributed by atoms with Crippen molar-refractivity contribution >= 4 is 11.4 Å². The zero-order valence-electron chi connectivity index (χ0n) is 11.8. The SMILES string of the molecule is NCc1occc1-c1cc(N(CCO)CCO)ccc1N. The Morgan fingerprint density at radius 1 is 1.05 bits per heavy atom. The standard InChI is InChI=1S/C15H21N3O3/c16-10-15-12(3-8-21-15)13-9-11(1-2-14(13)17)18(4-6-19)5-7-20/h1-3,8-9,19-20H,4-7,10,16-17H2. The summed E-state index contributed by atoms with van der Waals surface area (Å²) in [7, 11) is 0. The number of nitrogens with zero attached hydrogens (tertiary/aromatic N) is 1. The Bertz CT molecular complexity index is 577. The van der Waals surface area contributed by atoms with Gasteiger partial charge in [0.1, 0.15) is 5.76 Å². The Morgan fingerprint density at radius 2 is 1.76 bits per heavy atom. The highest BCUT2D eigenvalue weighted by molar-refractivity contribution is 5.81. The number of benzene rings is 1. The molecule has 6 N–H and O–H groups in total. The van der Waals surface area contributed by atoms with E-state index in [-0.39, 0.29) is 13.2 Å². The zero-order valence-corrected chi connectivity index (χ0v) is 11.8. The van der Waals surface area contributed by atoms with E-state index in [4.69, 9.17) is 26.1 Å². The van der Waals surface area contributed by atoms with Gasteiger partial charge in [-0.2, -0.15) is 0 Å². The Hall–Kier alpha value is -2.02. The van der Waals surface area contributed by atoms with Gasteiger partial charge in [-0.05, 0) is 24.3 Å². The molecule has 6 heteroatoms. The van der Waals surface area contributed by atoms with Crippen molar-refractivity contribution in [3.05, 3.63) is 36.3 Å². The van der Waals surface area contributed by atoms with Crippen molar-refractivity contribution in [3.8, 4) is 11.1 Å². The monoisotopic (exact) mass is 291 g/mol. The molecular formula is C15H21N3O3. The molecule has 0 atom stereocenters. The fourth-order valence-corrected chi connectivity index (χ4v) is 2.32. The molecule has 0 bridgehead atoms. The van der Waals surface area contributed by atoms with Crippen molar-refractivity contribution in [1.82, 2.24) is 0 Å². The second-order valence-electron chi connectivity index (χ2n) is 4.67. The highest BCUT2D eigenvalue weighted by atomic mass is 16.3. The summed E-state index contributed by atoms with van der Waals surface area (Å²) in [6.07, 6.45) is 1.59. The van der Waals surface area contributed by atoms with Gasteiger partial charge in [0.2, 0.25) is 0 Å². The maximum absolute atomic E-state index is 9.14. The van der Waals surface area contributed by atoms with E-state index in [0.717, 1.165) is 16.8 Å². The van der Waals surface area contributed by atoms with Crippen molar-refractivity contribution in [2.45, 2.75) is 6.54 Å². The summed E-state index contributed by atoms with van der Waals surface area (Å²) in [6, 6.07) is 7.43. The van der Waals surface area contributed by atoms with Crippen LogP contribution in [-0.4, -0.2) is 36.5 Å². The lowest BCUT2D eigenvalue weighted by atomic mass is 10.0. The third-order valence-corrected chi connectivity index (χ3v) is 3.36. The quantitative estimate of drug-likeness (QED) is 0.561. The third-order valence-electron chi connectivity index (χ3n) is 3.36. The molecule has 0 aliphatic rings. The van der Waals surface area contributed by atoms with Gasteiger partial charge in [-0.25, -0.2) is 0 Å². The first-order valence-electron chi connectivity index (χ1n) is 6.84. The Labute approximate surface area is 123 Å². The summed E-state index contributed by atoms with van der Waals surface area (Å²) < 4.78 is 5.34. The summed E-state index contributed by atoms with van der Waals surface area (Å²) in [5.74, 6) is 0.676. The van der Waals surface area contributed by atoms with Crippen LogP contribution in [0.4, 0.5) is 11.4 Å². The number of nitrogen functional groups attached to an aromatic ring is 1. The minimum atomic E-state index is 0.0134. The van der Waals surface area contributed by atoms with Crippen LogP contribution in [0.2, 0.25) is 0 Å². The van der Waals surface area contributed by atoms with E-state index in [1.165, 1.54) is 0 Å². The number of hydrogen-bond acceptors (Lipinski definition) is 6. The molecule has 0 spiro atoms. The minimum absolute atomic E-state index is 0.0134. The largest absolute Gasteiger partial charge is 0.467 e. The van der Waals surface area contributed by atoms with E-state index in [2.05, 4.69) is 0 Å². The second-order valence-corrected chi connectivity index (χ2v) is 4.67. The molecule has 21 heavy (non-hydrogen) atoms. The molecule has 0 radical (unpaired) electrons. The summed E-state index contributed by atoms with van der Waals surface area (Å²) in [4.78, 5) is 1.89. The summed E-state index contributed by atoms with van der Waals surface area (Å²) in [5.41, 5.74) is 14.9. The summed E-state index contributed by atoms with van der Waals surface area (Å²) in [5, 5.41) is 18.3. The van der Waals surface area contributed by atoms with Crippen LogP contribution in [0.15, 0.2) is 34.9 Å². The van der Waals surface area contributed by atoms with E-state index in [0.29, 0.717) is 31.1 Å². The molecule has 1 heterocycles. The smallest absolute Gasteiger partial charge is 0.125 e. The molecule has 114 valence electrons. The van der Waals surface area contributed by atoms with Crippen LogP contribution >= 0.6 is 0 Å². The van der Waals surface area contributed by atoms with E-state index >= 15 is 0 Å². The number of hydrogen-bond donors (Lipinski definition) is 4. The fourth-order valence-electron chi connectivity index (χ4n) is 2.32. The van der Waals surface area contributed by atoms with Crippen LogP contribution < -0.4 is 16.4 Å². The lowest BCUT2D eigenvalue weighted by molar-refractivity contribution is 0.281. The van der Waals surface area contributed by atoms with Gasteiger partial charge in [-0.3, -0.25) is 0 Å². The number of anilines is 2. The molecule has 1 aromatic carbocycles. The van der Waals surface area contributed by atoms with Gasteiger partial charge < -0.3 is 31.0 Å². The van der Waals surface area contributed by atoms with Crippen molar-refractivity contribution in [2.75, 3.05) is 36.9 Å². The molecule has 1 aromatic heterocycles. The first-order valence-corrected chi connectivity index (χ1v) is 6.84. The van der Waals surface area contributed by atoms with Gasteiger partial charge in [0.15, 0.2) is 0 Å². The van der Waals surface area contributed by atoms with Crippen molar-refractivity contribution in [3.63, 3.8) is 0 Å². The van der Waals surface area contributed by atoms with E-state index in [1.807, 2.05) is 23.1 Å². The molecule has 0 aliphatic carbocycles. The highest BCUT2D eigenvalue weighted by Crippen LogP contribution is 2.33. The van der Waals surface area contributed by atoms with Gasteiger partial charge in [-0.1, -0.05) is 0 Å². The Morgan fingerprint density at radius 3 is 2.38 bits per heavy atom. The predicted molar refractivity (Wildman–Crippen MR) is 82.8 cm³/mol. The van der Waals surface area contributed by atoms with Gasteiger partial charge >= 0.3 is 0 Å². The number of furan rings is 1. The fraction of sp³-hybridized carbons (Fsp3) is 0.333. The normalized spacial score (nSPS) is 10.8. The second kappa shape index (κ2) is 7.12. The van der Waals surface area contributed by atoms with Gasteiger partial charge in [0, 0.05) is 35.6 Å². The summed E-state index contributed by atoms with van der Waals surface area (Å²) >= 11 is 0. The molecule has 0 aliphatic heterocycles. The molecule has 0 fully saturated rings. The zero-order chi connectivity index (χ0) is 15.2. The topological polar surface area (TPSA) is 109 Å². The summed E-state index contributed by atoms with van der Waals surface area (Å²) in [6.45, 7) is 1.21. The highest BCUT2D eigenvalue weighted by Gasteiger charge is 2.13. The number of aliphatic hydroxyl groups is 2. The van der Waals surface area contributed by atoms with E-state index < -0.39 is 0 Å². The van der Waals surface area contributed by atoms with E-state index in [1.54, 1.807) is 12.3 Å². The molecule has 0 saturated carbocycles. The van der Waals surface area contributed by atoms with Crippen molar-refractivity contribution < 1.29 is 14.6 Å². The number of nitrogens with two attached hydrogens (primary N) is 2. The Kier molecular flexibility index (Phi) is 5.21. The van der Waals surface area contributed by atoms with Crippen LogP contribution in [0, 0.1) is 0 Å². The van der Waals surface area contributed by atoms with E-state index in [9.17, 15) is 0 Å². The lowest BCUT2D eigenvalue weighted by Crippen LogP contribution is -2.29. The van der Waals surface area contributed by atoms with Crippen LogP contribution in [0.25, 0.3) is 11.1 Å². The predicted octanol–water partition coefficient (Wildman–Crippen LogP) is 0.779. The maximum Gasteiger partial charge on any atom is 0.125 e. The molecule has 2 aromatic rings. The van der Waals surface area contributed by atoms with Crippen LogP contribution in [0.1, 0.15) is 5.76 Å². The maximum atomic E-state index is 9.14. The molecule has 2 rings (SSSR count). The lowest BCUT2D eigenvalue weighted by Gasteiger charge is -2.24. The molecular weight excluding hydrogens is 270 g/mol. The first-order chi connectivity index (χ1) is 10.2. The molecule has 0 amide bonds. The first kappa shape index (κ1) is 15.4. The van der Waals surface area contributed by atoms with Crippen LogP contribution in [-0.2, 0) is 6.54 Å². The van der Waals surface area contributed by atoms with Gasteiger partial charge in [0.25, 0.3) is 0 Å². The van der Waals surface area contributed by atoms with Gasteiger partial charge in [0.05, 0.1) is 26.0 Å². The molecule has 6 nitrogen and oxygen atoms in total. The van der Waals surface area contributed by atoms with Crippen molar-refractivity contribution in [1.29, 1.82) is 0 Å². The number of rotatable bonds is 7. The molecule has 0 unspecified atom stereocenters. The molecule has 0 saturated heterocycles. The van der Waals surface area contributed by atoms with Crippen LogP contribution in [0.5, 0.6) is 0 Å². The van der Waals surface area contributed by atoms with Gasteiger partial charge in [-0.15, -0.1) is 0 Å². The average molecular weight is 291 g/mol. The number of aliphatic hydroxyl groups excluding tert-OH is 2. The van der Waals surface area contributed by atoms with Crippen LogP contribution in [0.3, 0.4) is 0 Å².